The minimum Gasteiger partial charge on any atom is -0.510 e. The van der Waals surface area contributed by atoms with Crippen LogP contribution in [-0.2, 0) is 4.79 Å². The van der Waals surface area contributed by atoms with Gasteiger partial charge in [-0.25, -0.2) is 4.98 Å². The molecule has 0 radical (unpaired) electrons. The fourth-order valence-electron chi connectivity index (χ4n) is 2.77. The number of benzene rings is 1. The maximum atomic E-state index is 12.4. The second-order valence-electron chi connectivity index (χ2n) is 5.19. The maximum Gasteiger partial charge on any atom is 0.255 e. The van der Waals surface area contributed by atoms with Gasteiger partial charge in [-0.3, -0.25) is 9.69 Å². The van der Waals surface area contributed by atoms with Crippen LogP contribution >= 0.6 is 0 Å². The monoisotopic (exact) mass is 337 g/mol. The Morgan fingerprint density at radius 1 is 1.40 bits per heavy atom. The zero-order valence-electron chi connectivity index (χ0n) is 14.7. The highest BCUT2D eigenvalue weighted by atomic mass is 16.3. The van der Waals surface area contributed by atoms with E-state index in [1.54, 1.807) is 23.4 Å². The van der Waals surface area contributed by atoms with Crippen LogP contribution < -0.4 is 4.90 Å². The van der Waals surface area contributed by atoms with Gasteiger partial charge < -0.3 is 10.1 Å². The molecule has 3 rings (SSSR count). The molecule has 25 heavy (non-hydrogen) atoms. The summed E-state index contributed by atoms with van der Waals surface area (Å²) in [6, 6.07) is 4.95. The fourth-order valence-corrected chi connectivity index (χ4v) is 2.77. The molecule has 1 unspecified atom stereocenters. The molecule has 1 aromatic carbocycles. The Kier molecular flexibility index (Phi) is 5.95. The zero-order valence-corrected chi connectivity index (χ0v) is 14.7. The van der Waals surface area contributed by atoms with E-state index in [0.717, 1.165) is 16.6 Å². The van der Waals surface area contributed by atoms with E-state index in [2.05, 4.69) is 16.5 Å². The predicted molar refractivity (Wildman–Crippen MR) is 103 cm³/mol. The Bertz CT molecular complexity index is 859. The van der Waals surface area contributed by atoms with Crippen molar-refractivity contribution in [3.63, 3.8) is 0 Å². The topological polar surface area (TPSA) is 69.2 Å². The minimum absolute atomic E-state index is 0.0194. The smallest absolute Gasteiger partial charge is 0.255 e. The molecule has 5 heteroatoms. The van der Waals surface area contributed by atoms with E-state index < -0.39 is 6.04 Å². The molecule has 1 amide bonds. The average Bonchev–Trinajstić information content (AvgIpc) is 3.19. The van der Waals surface area contributed by atoms with Gasteiger partial charge in [0.2, 0.25) is 0 Å². The third-order valence-electron chi connectivity index (χ3n) is 3.71. The van der Waals surface area contributed by atoms with Crippen molar-refractivity contribution in [2.24, 2.45) is 0 Å². The molecule has 1 atom stereocenters. The predicted octanol–water partition coefficient (Wildman–Crippen LogP) is 4.43. The molecular formula is C20H23N3O2. The number of aliphatic hydroxyl groups excluding tert-OH is 1. The van der Waals surface area contributed by atoms with Crippen LogP contribution in [0.3, 0.4) is 0 Å². The SMILES string of the molecule is C=C/C=C(\C=C/C)C1C(O)=CC(=O)N1c1ccc2nc[nH]c2c1.CC. The number of hydrogen-bond acceptors (Lipinski definition) is 3. The van der Waals surface area contributed by atoms with Gasteiger partial charge in [0, 0.05) is 11.8 Å². The summed E-state index contributed by atoms with van der Waals surface area (Å²) in [6.45, 7) is 9.59. The summed E-state index contributed by atoms with van der Waals surface area (Å²) in [5, 5.41) is 10.3. The van der Waals surface area contributed by atoms with Gasteiger partial charge in [-0.15, -0.1) is 0 Å². The third-order valence-corrected chi connectivity index (χ3v) is 3.71. The molecule has 0 aliphatic carbocycles. The van der Waals surface area contributed by atoms with Gasteiger partial charge in [0.15, 0.2) is 0 Å². The van der Waals surface area contributed by atoms with Crippen LogP contribution in [0.5, 0.6) is 0 Å². The summed E-state index contributed by atoms with van der Waals surface area (Å²) >= 11 is 0. The number of aromatic amines is 1. The van der Waals surface area contributed by atoms with Gasteiger partial charge in [-0.1, -0.05) is 44.7 Å². The van der Waals surface area contributed by atoms with E-state index in [9.17, 15) is 9.90 Å². The van der Waals surface area contributed by atoms with Crippen LogP contribution in [0.15, 0.2) is 72.8 Å². The molecule has 0 saturated heterocycles. The summed E-state index contributed by atoms with van der Waals surface area (Å²) < 4.78 is 0. The van der Waals surface area contributed by atoms with Crippen molar-refractivity contribution >= 4 is 22.6 Å². The van der Waals surface area contributed by atoms with E-state index in [-0.39, 0.29) is 11.7 Å². The first-order valence-electron chi connectivity index (χ1n) is 8.28. The number of anilines is 1. The molecule has 0 saturated carbocycles. The Morgan fingerprint density at radius 3 is 2.84 bits per heavy atom. The van der Waals surface area contributed by atoms with Gasteiger partial charge in [-0.05, 0) is 30.7 Å². The normalized spacial score (nSPS) is 17.6. The van der Waals surface area contributed by atoms with Crippen LogP contribution in [-0.4, -0.2) is 27.0 Å². The first-order chi connectivity index (χ1) is 12.2. The number of H-pyrrole nitrogens is 1. The number of rotatable bonds is 4. The van der Waals surface area contributed by atoms with Crippen molar-refractivity contribution in [2.45, 2.75) is 26.8 Å². The van der Waals surface area contributed by atoms with Crippen molar-refractivity contribution < 1.29 is 9.90 Å². The van der Waals surface area contributed by atoms with E-state index in [1.165, 1.54) is 6.08 Å². The summed E-state index contributed by atoms with van der Waals surface area (Å²) in [5.41, 5.74) is 3.13. The summed E-state index contributed by atoms with van der Waals surface area (Å²) in [5.74, 6) is -0.239. The first kappa shape index (κ1) is 18.3. The average molecular weight is 337 g/mol. The Morgan fingerprint density at radius 2 is 2.16 bits per heavy atom. The Balaban J connectivity index is 0.00000109. The van der Waals surface area contributed by atoms with Gasteiger partial charge in [0.25, 0.3) is 5.91 Å². The summed E-state index contributed by atoms with van der Waals surface area (Å²) in [6.07, 6.45) is 10.0. The van der Waals surface area contributed by atoms with Crippen molar-refractivity contribution in [1.29, 1.82) is 0 Å². The number of hydrogen-bond donors (Lipinski definition) is 2. The number of amides is 1. The highest BCUT2D eigenvalue weighted by Crippen LogP contribution is 2.32. The molecule has 2 N–H and O–H groups in total. The molecule has 2 aromatic rings. The molecule has 1 aliphatic heterocycles. The van der Waals surface area contributed by atoms with Gasteiger partial charge >= 0.3 is 0 Å². The molecule has 1 aromatic heterocycles. The van der Waals surface area contributed by atoms with Gasteiger partial charge in [0.05, 0.1) is 17.4 Å². The molecule has 130 valence electrons. The lowest BCUT2D eigenvalue weighted by atomic mass is 10.0. The summed E-state index contributed by atoms with van der Waals surface area (Å²) in [4.78, 5) is 21.1. The highest BCUT2D eigenvalue weighted by molar-refractivity contribution is 6.07. The van der Waals surface area contributed by atoms with Crippen LogP contribution in [0.1, 0.15) is 20.8 Å². The molecular weight excluding hydrogens is 314 g/mol. The minimum atomic E-state index is -0.558. The van der Waals surface area contributed by atoms with E-state index in [1.807, 2.05) is 51.1 Å². The molecule has 0 spiro atoms. The molecule has 0 fully saturated rings. The largest absolute Gasteiger partial charge is 0.510 e. The number of aliphatic hydroxyl groups is 1. The van der Waals surface area contributed by atoms with E-state index in [0.29, 0.717) is 5.69 Å². The van der Waals surface area contributed by atoms with Crippen LogP contribution in [0.2, 0.25) is 0 Å². The number of fused-ring (bicyclic) bond motifs is 1. The quantitative estimate of drug-likeness (QED) is 0.811. The zero-order chi connectivity index (χ0) is 18.4. The van der Waals surface area contributed by atoms with E-state index in [4.69, 9.17) is 0 Å². The number of carbonyl (C=O) groups is 1. The fraction of sp³-hybridized carbons (Fsp3) is 0.200. The number of nitrogens with zero attached hydrogens (tertiary/aromatic N) is 2. The third kappa shape index (κ3) is 3.55. The second-order valence-corrected chi connectivity index (χ2v) is 5.19. The Hall–Kier alpha value is -3.08. The molecule has 2 heterocycles. The highest BCUT2D eigenvalue weighted by Gasteiger charge is 2.35. The second kappa shape index (κ2) is 8.15. The number of allylic oxidation sites excluding steroid dienone is 3. The lowest BCUT2D eigenvalue weighted by Crippen LogP contribution is -2.36. The van der Waals surface area contributed by atoms with Crippen LogP contribution in [0.4, 0.5) is 5.69 Å². The molecule has 0 bridgehead atoms. The van der Waals surface area contributed by atoms with Crippen molar-refractivity contribution in [1.82, 2.24) is 9.97 Å². The lowest BCUT2D eigenvalue weighted by Gasteiger charge is -2.26. The Labute approximate surface area is 147 Å². The van der Waals surface area contributed by atoms with Crippen LogP contribution in [0.25, 0.3) is 11.0 Å². The van der Waals surface area contributed by atoms with Gasteiger partial charge in [0.1, 0.15) is 11.8 Å². The molecule has 1 aliphatic rings. The number of nitrogens with one attached hydrogen (secondary N) is 1. The number of aromatic nitrogens is 2. The molecule has 5 nitrogen and oxygen atoms in total. The number of imidazole rings is 1. The van der Waals surface area contributed by atoms with Crippen molar-refractivity contribution in [3.8, 4) is 0 Å². The summed E-state index contributed by atoms with van der Waals surface area (Å²) in [7, 11) is 0. The van der Waals surface area contributed by atoms with Crippen molar-refractivity contribution in [2.75, 3.05) is 4.90 Å². The lowest BCUT2D eigenvalue weighted by molar-refractivity contribution is -0.113. The standard InChI is InChI=1S/C18H17N3O2.C2H6/c1-3-5-12(6-4-2)18-16(22)10-17(23)21(18)13-7-8-14-15(9-13)20-11-19-14;1-2/h3-11,18,22H,1H2,2H3,(H,19,20);1-2H3/b6-4-,12-5+;. The van der Waals surface area contributed by atoms with Gasteiger partial charge in [-0.2, -0.15) is 0 Å². The first-order valence-corrected chi connectivity index (χ1v) is 8.28. The maximum absolute atomic E-state index is 12.4. The van der Waals surface area contributed by atoms with Crippen molar-refractivity contribution in [3.05, 3.63) is 72.8 Å². The van der Waals surface area contributed by atoms with E-state index >= 15 is 0 Å². The van der Waals surface area contributed by atoms with Crippen LogP contribution in [0, 0.1) is 0 Å². The number of carbonyl (C=O) groups excluding carboxylic acids is 1.